The van der Waals surface area contributed by atoms with Crippen LogP contribution in [0.2, 0.25) is 0 Å². The van der Waals surface area contributed by atoms with Crippen molar-refractivity contribution in [2.45, 2.75) is 66.0 Å². The van der Waals surface area contributed by atoms with Gasteiger partial charge in [-0.1, -0.05) is 26.0 Å². The Morgan fingerprint density at radius 1 is 1.26 bits per heavy atom. The Labute approximate surface area is 161 Å². The van der Waals surface area contributed by atoms with E-state index in [0.717, 1.165) is 43.6 Å². The van der Waals surface area contributed by atoms with E-state index in [4.69, 9.17) is 0 Å². The third kappa shape index (κ3) is 4.40. The molecule has 2 aromatic rings. The van der Waals surface area contributed by atoms with E-state index in [1.54, 1.807) is 12.1 Å². The number of carbonyl (C=O) groups excluding carboxylic acids is 1. The molecule has 0 radical (unpaired) electrons. The van der Waals surface area contributed by atoms with E-state index in [2.05, 4.69) is 30.6 Å². The summed E-state index contributed by atoms with van der Waals surface area (Å²) in [5.41, 5.74) is 4.42. The summed E-state index contributed by atoms with van der Waals surface area (Å²) in [7, 11) is 0. The van der Waals surface area contributed by atoms with Gasteiger partial charge >= 0.3 is 0 Å². The van der Waals surface area contributed by atoms with E-state index in [1.807, 2.05) is 11.8 Å². The van der Waals surface area contributed by atoms with Gasteiger partial charge in [-0.15, -0.1) is 0 Å². The Morgan fingerprint density at radius 2 is 1.96 bits per heavy atom. The van der Waals surface area contributed by atoms with E-state index >= 15 is 0 Å². The molecule has 4 nitrogen and oxygen atoms in total. The summed E-state index contributed by atoms with van der Waals surface area (Å²) < 4.78 is 15.3. The number of benzene rings is 1. The largest absolute Gasteiger partial charge is 0.336 e. The van der Waals surface area contributed by atoms with Crippen LogP contribution in [-0.4, -0.2) is 27.1 Å². The van der Waals surface area contributed by atoms with Gasteiger partial charge in [-0.25, -0.2) is 4.39 Å². The van der Waals surface area contributed by atoms with E-state index in [1.165, 1.54) is 23.4 Å². The van der Waals surface area contributed by atoms with Gasteiger partial charge in [-0.3, -0.25) is 9.48 Å². The lowest BCUT2D eigenvalue weighted by molar-refractivity contribution is -0.132. The van der Waals surface area contributed by atoms with Crippen LogP contribution in [0.15, 0.2) is 24.3 Å². The first-order valence-corrected chi connectivity index (χ1v) is 9.94. The highest BCUT2D eigenvalue weighted by molar-refractivity contribution is 5.77. The van der Waals surface area contributed by atoms with E-state index in [0.29, 0.717) is 12.3 Å². The zero-order valence-corrected chi connectivity index (χ0v) is 16.8. The lowest BCUT2D eigenvalue weighted by Gasteiger charge is -2.25. The van der Waals surface area contributed by atoms with Crippen molar-refractivity contribution in [1.82, 2.24) is 14.7 Å². The highest BCUT2D eigenvalue weighted by atomic mass is 19.1. The average molecular weight is 372 g/mol. The Bertz CT molecular complexity index is 795. The molecule has 1 aliphatic heterocycles. The third-order valence-corrected chi connectivity index (χ3v) is 5.49. The molecule has 1 unspecified atom stereocenters. The van der Waals surface area contributed by atoms with Crippen LogP contribution in [0.5, 0.6) is 0 Å². The van der Waals surface area contributed by atoms with Crippen LogP contribution >= 0.6 is 0 Å². The molecule has 1 aliphatic rings. The summed E-state index contributed by atoms with van der Waals surface area (Å²) in [4.78, 5) is 14.9. The minimum Gasteiger partial charge on any atom is -0.336 e. The minimum atomic E-state index is -0.237. The van der Waals surface area contributed by atoms with Gasteiger partial charge in [0.05, 0.1) is 11.7 Å². The fraction of sp³-hybridized carbons (Fsp3) is 0.545. The second-order valence-corrected chi connectivity index (χ2v) is 8.02. The highest BCUT2D eigenvalue weighted by Gasteiger charge is 2.29. The fourth-order valence-corrected chi connectivity index (χ4v) is 4.09. The Kier molecular flexibility index (Phi) is 5.98. The van der Waals surface area contributed by atoms with Crippen LogP contribution in [0.3, 0.4) is 0 Å². The quantitative estimate of drug-likeness (QED) is 0.745. The molecule has 3 rings (SSSR count). The summed E-state index contributed by atoms with van der Waals surface area (Å²) in [5.74, 6) is 0.481. The van der Waals surface area contributed by atoms with Crippen molar-refractivity contribution in [2.24, 2.45) is 5.92 Å². The number of hydrogen-bond donors (Lipinski definition) is 0. The maximum Gasteiger partial charge on any atom is 0.223 e. The summed E-state index contributed by atoms with van der Waals surface area (Å²) >= 11 is 0. The predicted octanol–water partition coefficient (Wildman–Crippen LogP) is 4.59. The van der Waals surface area contributed by atoms with Gasteiger partial charge < -0.3 is 4.90 Å². The van der Waals surface area contributed by atoms with Crippen molar-refractivity contribution in [2.75, 3.05) is 6.54 Å². The molecule has 5 heteroatoms. The molecule has 0 saturated carbocycles. The zero-order chi connectivity index (χ0) is 19.6. The molecule has 1 amide bonds. The number of nitrogens with zero attached hydrogens (tertiary/aromatic N) is 3. The van der Waals surface area contributed by atoms with Crippen molar-refractivity contribution in [3.63, 3.8) is 0 Å². The topological polar surface area (TPSA) is 38.1 Å². The molecule has 146 valence electrons. The molecule has 1 fully saturated rings. The molecule has 0 spiro atoms. The Balaban J connectivity index is 1.67. The molecule has 0 bridgehead atoms. The summed E-state index contributed by atoms with van der Waals surface area (Å²) in [6.07, 6.45) is 3.16. The van der Waals surface area contributed by atoms with E-state index in [9.17, 15) is 9.18 Å². The minimum absolute atomic E-state index is 0.0731. The number of likely N-dealkylation sites (tertiary alicyclic amines) is 1. The maximum atomic E-state index is 13.2. The van der Waals surface area contributed by atoms with Gasteiger partial charge in [-0.05, 0) is 62.3 Å². The Morgan fingerprint density at radius 3 is 2.63 bits per heavy atom. The number of carbonyl (C=O) groups is 1. The van der Waals surface area contributed by atoms with Gasteiger partial charge in [0.25, 0.3) is 0 Å². The predicted molar refractivity (Wildman–Crippen MR) is 105 cm³/mol. The van der Waals surface area contributed by atoms with E-state index < -0.39 is 0 Å². The van der Waals surface area contributed by atoms with Gasteiger partial charge in [0.1, 0.15) is 5.82 Å². The van der Waals surface area contributed by atoms with Crippen LogP contribution in [0.4, 0.5) is 4.39 Å². The van der Waals surface area contributed by atoms with Crippen LogP contribution in [0.1, 0.15) is 61.7 Å². The van der Waals surface area contributed by atoms with Crippen LogP contribution in [-0.2, 0) is 17.8 Å². The van der Waals surface area contributed by atoms with E-state index in [-0.39, 0.29) is 17.8 Å². The van der Waals surface area contributed by atoms with Crippen molar-refractivity contribution in [1.29, 1.82) is 0 Å². The number of amides is 1. The van der Waals surface area contributed by atoms with Gasteiger partial charge in [0, 0.05) is 25.2 Å². The zero-order valence-electron chi connectivity index (χ0n) is 16.8. The second kappa shape index (κ2) is 8.24. The molecular formula is C22H30FN3O. The van der Waals surface area contributed by atoms with Crippen molar-refractivity contribution in [3.05, 3.63) is 52.6 Å². The van der Waals surface area contributed by atoms with Gasteiger partial charge in [0.15, 0.2) is 0 Å². The summed E-state index contributed by atoms with van der Waals surface area (Å²) in [6.45, 7) is 10.2. The third-order valence-electron chi connectivity index (χ3n) is 5.49. The molecule has 0 aliphatic carbocycles. The number of hydrogen-bond acceptors (Lipinski definition) is 2. The number of aryl methyl sites for hydroxylation is 1. The maximum absolute atomic E-state index is 13.2. The first kappa shape index (κ1) is 19.6. The smallest absolute Gasteiger partial charge is 0.223 e. The summed E-state index contributed by atoms with van der Waals surface area (Å²) in [6, 6.07) is 6.63. The molecule has 1 atom stereocenters. The van der Waals surface area contributed by atoms with Crippen LogP contribution in [0.25, 0.3) is 0 Å². The molecule has 1 saturated heterocycles. The lowest BCUT2D eigenvalue weighted by atomic mass is 10.0. The standard InChI is InChI=1S/C22H30FN3O/c1-15(2)14-26-17(4)20(16(3)24-26)11-12-22(27)25-13-5-6-21(25)18-7-9-19(23)10-8-18/h7-10,15,21H,5-6,11-14H2,1-4H3. The lowest BCUT2D eigenvalue weighted by Crippen LogP contribution is -2.30. The summed E-state index contributed by atoms with van der Waals surface area (Å²) in [5, 5.41) is 4.65. The molecule has 1 aromatic heterocycles. The van der Waals surface area contributed by atoms with Crippen molar-refractivity contribution in [3.8, 4) is 0 Å². The normalized spacial score (nSPS) is 17.1. The fourth-order valence-electron chi connectivity index (χ4n) is 4.09. The first-order valence-electron chi connectivity index (χ1n) is 9.94. The van der Waals surface area contributed by atoms with Crippen LogP contribution < -0.4 is 0 Å². The molecule has 1 aromatic carbocycles. The molecule has 27 heavy (non-hydrogen) atoms. The molecule has 0 N–H and O–H groups in total. The molecule has 2 heterocycles. The second-order valence-electron chi connectivity index (χ2n) is 8.02. The van der Waals surface area contributed by atoms with Gasteiger partial charge in [-0.2, -0.15) is 5.10 Å². The first-order chi connectivity index (χ1) is 12.9. The SMILES string of the molecule is Cc1nn(CC(C)C)c(C)c1CCC(=O)N1CCCC1c1ccc(F)cc1. The molecular weight excluding hydrogens is 341 g/mol. The van der Waals surface area contributed by atoms with Gasteiger partial charge in [0.2, 0.25) is 5.91 Å². The number of halogens is 1. The van der Waals surface area contributed by atoms with Crippen molar-refractivity contribution >= 4 is 5.91 Å². The van der Waals surface area contributed by atoms with Crippen molar-refractivity contribution < 1.29 is 9.18 Å². The average Bonchev–Trinajstić information content (AvgIpc) is 3.19. The Hall–Kier alpha value is -2.17. The number of aromatic nitrogens is 2. The monoisotopic (exact) mass is 371 g/mol. The van der Waals surface area contributed by atoms with Crippen LogP contribution in [0, 0.1) is 25.6 Å². The highest BCUT2D eigenvalue weighted by Crippen LogP contribution is 2.32. The number of rotatable bonds is 6.